The second-order valence-corrected chi connectivity index (χ2v) is 5.43. The van der Waals surface area contributed by atoms with E-state index in [1.54, 1.807) is 0 Å². The molecular weight excluding hydrogens is 268 g/mol. The number of nitrogens with zero attached hydrogens (tertiary/aromatic N) is 3. The Morgan fingerprint density at radius 1 is 1.48 bits per heavy atom. The van der Waals surface area contributed by atoms with Crippen LogP contribution in [0.4, 0.5) is 0 Å². The first kappa shape index (κ1) is 12.0. The molecule has 1 saturated carbocycles. The molecular formula is C15H12N4O2. The lowest BCUT2D eigenvalue weighted by Crippen LogP contribution is -1.97. The normalized spacial score (nSPS) is 14.4. The SMILES string of the molecule is N#Cc1cn(CC2CC2)c2ccc(-c3noc(=O)[nH]3)cc12. The molecule has 1 fully saturated rings. The molecule has 3 aromatic rings. The lowest BCUT2D eigenvalue weighted by molar-refractivity contribution is 0.388. The lowest BCUT2D eigenvalue weighted by Gasteiger charge is -2.03. The summed E-state index contributed by atoms with van der Waals surface area (Å²) in [4.78, 5) is 13.6. The van der Waals surface area contributed by atoms with Crippen molar-refractivity contribution in [3.63, 3.8) is 0 Å². The summed E-state index contributed by atoms with van der Waals surface area (Å²) in [6, 6.07) is 7.93. The largest absolute Gasteiger partial charge is 0.439 e. The second kappa shape index (κ2) is 4.35. The Balaban J connectivity index is 1.86. The van der Waals surface area contributed by atoms with Crippen molar-refractivity contribution in [1.82, 2.24) is 14.7 Å². The Labute approximate surface area is 119 Å². The summed E-state index contributed by atoms with van der Waals surface area (Å²) < 4.78 is 6.66. The zero-order valence-corrected chi connectivity index (χ0v) is 11.2. The van der Waals surface area contributed by atoms with Crippen LogP contribution in [-0.4, -0.2) is 14.7 Å². The smallest absolute Gasteiger partial charge is 0.346 e. The van der Waals surface area contributed by atoms with Crippen LogP contribution in [0.3, 0.4) is 0 Å². The molecule has 0 amide bonds. The van der Waals surface area contributed by atoms with Gasteiger partial charge < -0.3 is 4.57 Å². The van der Waals surface area contributed by atoms with E-state index in [2.05, 4.69) is 25.3 Å². The van der Waals surface area contributed by atoms with Crippen LogP contribution in [0.5, 0.6) is 0 Å². The summed E-state index contributed by atoms with van der Waals surface area (Å²) in [6.07, 6.45) is 4.43. The van der Waals surface area contributed by atoms with Crippen LogP contribution in [0.15, 0.2) is 33.7 Å². The summed E-state index contributed by atoms with van der Waals surface area (Å²) in [6.45, 7) is 0.957. The van der Waals surface area contributed by atoms with Gasteiger partial charge in [-0.05, 0) is 37.0 Å². The van der Waals surface area contributed by atoms with Crippen LogP contribution in [0, 0.1) is 17.2 Å². The summed E-state index contributed by atoms with van der Waals surface area (Å²) in [7, 11) is 0. The molecule has 1 aromatic carbocycles. The highest BCUT2D eigenvalue weighted by molar-refractivity contribution is 5.89. The average Bonchev–Trinajstić information content (AvgIpc) is 3.09. The third-order valence-corrected chi connectivity index (χ3v) is 3.87. The maximum absolute atomic E-state index is 11.0. The van der Waals surface area contributed by atoms with Crippen LogP contribution in [0.1, 0.15) is 18.4 Å². The third-order valence-electron chi connectivity index (χ3n) is 3.87. The molecule has 1 aliphatic carbocycles. The number of nitriles is 1. The molecule has 1 aliphatic rings. The van der Waals surface area contributed by atoms with Crippen molar-refractivity contribution in [2.75, 3.05) is 0 Å². The molecule has 0 aliphatic heterocycles. The molecule has 0 spiro atoms. The van der Waals surface area contributed by atoms with E-state index in [1.165, 1.54) is 12.8 Å². The molecule has 1 N–H and O–H groups in total. The Kier molecular flexibility index (Phi) is 2.48. The first-order chi connectivity index (χ1) is 10.2. The van der Waals surface area contributed by atoms with Crippen LogP contribution in [-0.2, 0) is 6.54 Å². The van der Waals surface area contributed by atoms with Crippen molar-refractivity contribution in [3.8, 4) is 17.5 Å². The van der Waals surface area contributed by atoms with Crippen LogP contribution >= 0.6 is 0 Å². The zero-order valence-electron chi connectivity index (χ0n) is 11.2. The fraction of sp³-hybridized carbons (Fsp3) is 0.267. The third kappa shape index (κ3) is 2.03. The molecule has 0 unspecified atom stereocenters. The summed E-state index contributed by atoms with van der Waals surface area (Å²) in [5, 5.41) is 13.9. The molecule has 0 bridgehead atoms. The number of H-pyrrole nitrogens is 1. The predicted octanol–water partition coefficient (Wildman–Crippen LogP) is 2.27. The fourth-order valence-corrected chi connectivity index (χ4v) is 2.62. The van der Waals surface area contributed by atoms with E-state index in [1.807, 2.05) is 24.4 Å². The van der Waals surface area contributed by atoms with Gasteiger partial charge in [0.05, 0.1) is 5.56 Å². The molecule has 0 radical (unpaired) electrons. The minimum absolute atomic E-state index is 0.376. The highest BCUT2D eigenvalue weighted by atomic mass is 16.5. The molecule has 21 heavy (non-hydrogen) atoms. The Bertz CT molecular complexity index is 921. The van der Waals surface area contributed by atoms with Gasteiger partial charge in [0.1, 0.15) is 6.07 Å². The van der Waals surface area contributed by atoms with Gasteiger partial charge in [0.2, 0.25) is 0 Å². The molecule has 104 valence electrons. The van der Waals surface area contributed by atoms with Gasteiger partial charge in [0.25, 0.3) is 0 Å². The van der Waals surface area contributed by atoms with Gasteiger partial charge in [0, 0.05) is 29.2 Å². The number of nitrogens with one attached hydrogen (secondary N) is 1. The molecule has 2 heterocycles. The van der Waals surface area contributed by atoms with E-state index in [9.17, 15) is 10.1 Å². The number of fused-ring (bicyclic) bond motifs is 1. The van der Waals surface area contributed by atoms with E-state index in [-0.39, 0.29) is 0 Å². The van der Waals surface area contributed by atoms with Crippen LogP contribution in [0.25, 0.3) is 22.3 Å². The number of hydrogen-bond acceptors (Lipinski definition) is 4. The van der Waals surface area contributed by atoms with Gasteiger partial charge in [0.15, 0.2) is 5.82 Å². The maximum atomic E-state index is 11.0. The molecule has 6 heteroatoms. The summed E-state index contributed by atoms with van der Waals surface area (Å²) >= 11 is 0. The van der Waals surface area contributed by atoms with E-state index in [0.717, 1.165) is 28.9 Å². The predicted molar refractivity (Wildman–Crippen MR) is 75.5 cm³/mol. The molecule has 0 saturated heterocycles. The Hall–Kier alpha value is -2.81. The number of aromatic nitrogens is 3. The highest BCUT2D eigenvalue weighted by Crippen LogP contribution is 2.33. The second-order valence-electron chi connectivity index (χ2n) is 5.43. The maximum Gasteiger partial charge on any atom is 0.439 e. The molecule has 6 nitrogen and oxygen atoms in total. The first-order valence-corrected chi connectivity index (χ1v) is 6.84. The lowest BCUT2D eigenvalue weighted by atomic mass is 10.1. The van der Waals surface area contributed by atoms with Gasteiger partial charge in [-0.25, -0.2) is 4.79 Å². The molecule has 0 atom stereocenters. The van der Waals surface area contributed by atoms with Crippen molar-refractivity contribution < 1.29 is 4.52 Å². The van der Waals surface area contributed by atoms with Crippen LogP contribution < -0.4 is 5.76 Å². The van der Waals surface area contributed by atoms with Gasteiger partial charge in [-0.3, -0.25) is 9.51 Å². The zero-order chi connectivity index (χ0) is 14.4. The van der Waals surface area contributed by atoms with Crippen molar-refractivity contribution >= 4 is 10.9 Å². The fourth-order valence-electron chi connectivity index (χ4n) is 2.62. The summed E-state index contributed by atoms with van der Waals surface area (Å²) in [5.41, 5.74) is 2.40. The highest BCUT2D eigenvalue weighted by Gasteiger charge is 2.23. The van der Waals surface area contributed by atoms with Crippen molar-refractivity contribution in [2.45, 2.75) is 19.4 Å². The van der Waals surface area contributed by atoms with E-state index in [0.29, 0.717) is 11.4 Å². The van der Waals surface area contributed by atoms with Gasteiger partial charge >= 0.3 is 5.76 Å². The average molecular weight is 280 g/mol. The Morgan fingerprint density at radius 2 is 2.33 bits per heavy atom. The quantitative estimate of drug-likeness (QED) is 0.797. The standard InChI is InChI=1S/C15H12N4O2/c16-6-11-8-19(7-9-1-2-9)13-4-3-10(5-12(11)13)14-17-15(20)21-18-14/h3-5,8-9H,1-2,7H2,(H,17,18,20). The van der Waals surface area contributed by atoms with Gasteiger partial charge in [-0.1, -0.05) is 5.16 Å². The summed E-state index contributed by atoms with van der Waals surface area (Å²) in [5.74, 6) is 0.524. The van der Waals surface area contributed by atoms with Crippen molar-refractivity contribution in [1.29, 1.82) is 5.26 Å². The van der Waals surface area contributed by atoms with Gasteiger partial charge in [-0.15, -0.1) is 0 Å². The van der Waals surface area contributed by atoms with Gasteiger partial charge in [-0.2, -0.15) is 5.26 Å². The minimum atomic E-state index is -0.586. The minimum Gasteiger partial charge on any atom is -0.346 e. The number of hydrogen-bond donors (Lipinski definition) is 1. The van der Waals surface area contributed by atoms with E-state index >= 15 is 0 Å². The molecule has 4 rings (SSSR count). The number of rotatable bonds is 3. The van der Waals surface area contributed by atoms with E-state index < -0.39 is 5.76 Å². The van der Waals surface area contributed by atoms with Crippen molar-refractivity contribution in [2.24, 2.45) is 5.92 Å². The molecule has 2 aromatic heterocycles. The number of benzene rings is 1. The Morgan fingerprint density at radius 3 is 3.00 bits per heavy atom. The first-order valence-electron chi connectivity index (χ1n) is 6.84. The van der Waals surface area contributed by atoms with E-state index in [4.69, 9.17) is 0 Å². The van der Waals surface area contributed by atoms with Crippen LogP contribution in [0.2, 0.25) is 0 Å². The van der Waals surface area contributed by atoms with Crippen molar-refractivity contribution in [3.05, 3.63) is 40.5 Å². The monoisotopic (exact) mass is 280 g/mol. The topological polar surface area (TPSA) is 87.6 Å². The number of aromatic amines is 1.